The van der Waals surface area contributed by atoms with E-state index in [0.717, 1.165) is 11.1 Å². The molecule has 1 aromatic carbocycles. The zero-order valence-electron chi connectivity index (χ0n) is 18.9. The summed E-state index contributed by atoms with van der Waals surface area (Å²) in [5, 5.41) is 12.1. The van der Waals surface area contributed by atoms with Crippen molar-refractivity contribution in [1.29, 1.82) is 5.41 Å². The molecule has 0 radical (unpaired) electrons. The van der Waals surface area contributed by atoms with Crippen molar-refractivity contribution in [2.75, 3.05) is 0 Å². The molecule has 2 N–H and O–H groups in total. The van der Waals surface area contributed by atoms with Gasteiger partial charge in [-0.2, -0.15) is 0 Å². The molecule has 3 heterocycles. The third-order valence-corrected chi connectivity index (χ3v) is 5.48. The van der Waals surface area contributed by atoms with Crippen LogP contribution in [0.25, 0.3) is 16.7 Å². The highest BCUT2D eigenvalue weighted by molar-refractivity contribution is 5.97. The molecule has 1 atom stereocenters. The van der Waals surface area contributed by atoms with Crippen LogP contribution < -0.4 is 16.4 Å². The van der Waals surface area contributed by atoms with Gasteiger partial charge in [-0.1, -0.05) is 36.4 Å². The highest BCUT2D eigenvalue weighted by atomic mass is 16.2. The summed E-state index contributed by atoms with van der Waals surface area (Å²) >= 11 is 0. The van der Waals surface area contributed by atoms with E-state index < -0.39 is 11.4 Å². The summed E-state index contributed by atoms with van der Waals surface area (Å²) in [7, 11) is 0. The number of hydrogen-bond donors (Lipinski definition) is 2. The van der Waals surface area contributed by atoms with Gasteiger partial charge in [0, 0.05) is 11.7 Å². The monoisotopic (exact) mass is 429 g/mol. The van der Waals surface area contributed by atoms with Crippen molar-refractivity contribution in [3.05, 3.63) is 87.3 Å². The van der Waals surface area contributed by atoms with E-state index in [-0.39, 0.29) is 22.7 Å². The number of rotatable bonds is 3. The average Bonchev–Trinajstić information content (AvgIpc) is 2.73. The van der Waals surface area contributed by atoms with E-state index in [1.54, 1.807) is 16.8 Å². The Balaban J connectivity index is 2.12. The number of aryl methyl sites for hydroxylation is 1. The minimum atomic E-state index is -0.484. The number of nitrogens with one attached hydrogen (secondary N) is 2. The Morgan fingerprint density at radius 1 is 1.09 bits per heavy atom. The van der Waals surface area contributed by atoms with E-state index in [1.165, 1.54) is 10.5 Å². The van der Waals surface area contributed by atoms with E-state index in [2.05, 4.69) is 5.32 Å². The van der Waals surface area contributed by atoms with Crippen LogP contribution in [0, 0.1) is 12.3 Å². The van der Waals surface area contributed by atoms with Gasteiger partial charge in [0.1, 0.15) is 16.8 Å². The molecule has 1 amide bonds. The molecule has 32 heavy (non-hydrogen) atoms. The summed E-state index contributed by atoms with van der Waals surface area (Å²) in [6, 6.07) is 14.6. The van der Waals surface area contributed by atoms with Crippen LogP contribution in [0.1, 0.15) is 55.2 Å². The number of carbonyl (C=O) groups is 1. The minimum absolute atomic E-state index is 0.0143. The van der Waals surface area contributed by atoms with E-state index in [0.29, 0.717) is 16.7 Å². The van der Waals surface area contributed by atoms with Crippen molar-refractivity contribution < 1.29 is 4.79 Å². The molecule has 0 fully saturated rings. The predicted molar refractivity (Wildman–Crippen MR) is 125 cm³/mol. The second kappa shape index (κ2) is 7.75. The fraction of sp³-hybridized carbons (Fsp3) is 0.280. The van der Waals surface area contributed by atoms with Gasteiger partial charge in [-0.15, -0.1) is 0 Å². The van der Waals surface area contributed by atoms with Gasteiger partial charge in [0.05, 0.1) is 17.0 Å². The number of carbonyl (C=O) groups excluding carboxylic acids is 1. The predicted octanol–water partition coefficient (Wildman–Crippen LogP) is 3.57. The number of aromatic nitrogens is 3. The van der Waals surface area contributed by atoms with Gasteiger partial charge in [0.25, 0.3) is 11.5 Å². The molecular weight excluding hydrogens is 402 g/mol. The van der Waals surface area contributed by atoms with Crippen molar-refractivity contribution in [2.45, 2.75) is 46.2 Å². The molecule has 0 aliphatic rings. The third-order valence-electron chi connectivity index (χ3n) is 5.48. The number of fused-ring (bicyclic) bond motifs is 2. The Morgan fingerprint density at radius 3 is 2.44 bits per heavy atom. The maximum absolute atomic E-state index is 13.4. The minimum Gasteiger partial charge on any atom is -0.347 e. The lowest BCUT2D eigenvalue weighted by atomic mass is 10.1. The Bertz CT molecular complexity index is 1460. The van der Waals surface area contributed by atoms with Gasteiger partial charge in [-0.3, -0.25) is 19.4 Å². The van der Waals surface area contributed by atoms with E-state index in [1.807, 2.05) is 71.0 Å². The fourth-order valence-electron chi connectivity index (χ4n) is 3.90. The van der Waals surface area contributed by atoms with E-state index in [9.17, 15) is 9.59 Å². The molecule has 0 aliphatic carbocycles. The Labute approximate surface area is 185 Å². The molecule has 4 aromatic rings. The van der Waals surface area contributed by atoms with Crippen molar-refractivity contribution in [3.8, 4) is 0 Å². The van der Waals surface area contributed by atoms with Crippen LogP contribution in [0.4, 0.5) is 0 Å². The maximum atomic E-state index is 13.4. The molecular formula is C25H27N5O2. The second-order valence-electron chi connectivity index (χ2n) is 9.11. The lowest BCUT2D eigenvalue weighted by Crippen LogP contribution is -2.44. The van der Waals surface area contributed by atoms with Crippen LogP contribution in [-0.2, 0) is 0 Å². The summed E-state index contributed by atoms with van der Waals surface area (Å²) < 4.78 is 3.17. The molecule has 0 aliphatic heterocycles. The fourth-order valence-corrected chi connectivity index (χ4v) is 3.90. The lowest BCUT2D eigenvalue weighted by molar-refractivity contribution is 0.0917. The normalized spacial score (nSPS) is 12.8. The Kier molecular flexibility index (Phi) is 5.20. The molecule has 7 heteroatoms. The van der Waals surface area contributed by atoms with Crippen molar-refractivity contribution in [3.63, 3.8) is 0 Å². The molecule has 0 bridgehead atoms. The van der Waals surface area contributed by atoms with Gasteiger partial charge in [-0.25, -0.2) is 4.98 Å². The number of benzene rings is 1. The second-order valence-corrected chi connectivity index (χ2v) is 9.11. The van der Waals surface area contributed by atoms with Gasteiger partial charge in [0.2, 0.25) is 0 Å². The van der Waals surface area contributed by atoms with Crippen molar-refractivity contribution in [2.24, 2.45) is 0 Å². The molecule has 0 saturated heterocycles. The first-order valence-electron chi connectivity index (χ1n) is 10.6. The summed E-state index contributed by atoms with van der Waals surface area (Å²) in [4.78, 5) is 31.3. The quantitative estimate of drug-likeness (QED) is 0.488. The Hall–Kier alpha value is -3.74. The van der Waals surface area contributed by atoms with Gasteiger partial charge in [-0.05, 0) is 57.9 Å². The first kappa shape index (κ1) is 21.5. The molecule has 0 saturated carbocycles. The summed E-state index contributed by atoms with van der Waals surface area (Å²) in [6.45, 7) is 9.47. The number of nitrogens with zero attached hydrogens (tertiary/aromatic N) is 3. The first-order chi connectivity index (χ1) is 15.1. The standard InChI is InChI=1S/C25H27N5O2/c1-15-10-9-13-29-21(15)27-22-19(24(29)32)14-18(23(31)28-25(3,4)5)20(26)30(22)16(2)17-11-7-6-8-12-17/h6-14,16,26H,1-5H3,(H,28,31). The van der Waals surface area contributed by atoms with E-state index in [4.69, 9.17) is 10.4 Å². The average molecular weight is 430 g/mol. The summed E-state index contributed by atoms with van der Waals surface area (Å²) in [6.07, 6.45) is 1.67. The SMILES string of the molecule is Cc1cccn2c(=O)c3cc(C(=O)NC(C)(C)C)c(=N)n(C(C)c4ccccc4)c3nc12. The van der Waals surface area contributed by atoms with Crippen LogP contribution in [0.3, 0.4) is 0 Å². The number of hydrogen-bond acceptors (Lipinski definition) is 4. The zero-order valence-corrected chi connectivity index (χ0v) is 18.9. The maximum Gasteiger partial charge on any atom is 0.267 e. The molecule has 7 nitrogen and oxygen atoms in total. The van der Waals surface area contributed by atoms with E-state index >= 15 is 0 Å². The molecule has 1 unspecified atom stereocenters. The van der Waals surface area contributed by atoms with Gasteiger partial charge in [0.15, 0.2) is 0 Å². The zero-order chi connectivity index (χ0) is 23.2. The van der Waals surface area contributed by atoms with Gasteiger partial charge < -0.3 is 9.88 Å². The molecule has 0 spiro atoms. The number of pyridine rings is 2. The van der Waals surface area contributed by atoms with Crippen LogP contribution in [-0.4, -0.2) is 25.4 Å². The van der Waals surface area contributed by atoms with Crippen molar-refractivity contribution >= 4 is 22.6 Å². The Morgan fingerprint density at radius 2 is 1.78 bits per heavy atom. The number of amides is 1. The summed E-state index contributed by atoms with van der Waals surface area (Å²) in [5.74, 6) is -0.396. The van der Waals surface area contributed by atoms with Crippen LogP contribution in [0.15, 0.2) is 59.5 Å². The molecule has 3 aromatic heterocycles. The van der Waals surface area contributed by atoms with Crippen LogP contribution in [0.2, 0.25) is 0 Å². The first-order valence-corrected chi connectivity index (χ1v) is 10.6. The lowest BCUT2D eigenvalue weighted by Gasteiger charge is -2.23. The van der Waals surface area contributed by atoms with Gasteiger partial charge >= 0.3 is 0 Å². The third kappa shape index (κ3) is 3.70. The highest BCUT2D eigenvalue weighted by Crippen LogP contribution is 2.21. The summed E-state index contributed by atoms with van der Waals surface area (Å²) in [5.41, 5.74) is 2.12. The molecule has 164 valence electrons. The van der Waals surface area contributed by atoms with Crippen molar-refractivity contribution in [1.82, 2.24) is 19.3 Å². The van der Waals surface area contributed by atoms with Crippen LogP contribution in [0.5, 0.6) is 0 Å². The molecule has 4 rings (SSSR count). The highest BCUT2D eigenvalue weighted by Gasteiger charge is 2.23. The topological polar surface area (TPSA) is 92.3 Å². The van der Waals surface area contributed by atoms with Crippen LogP contribution >= 0.6 is 0 Å². The largest absolute Gasteiger partial charge is 0.347 e. The smallest absolute Gasteiger partial charge is 0.267 e.